The summed E-state index contributed by atoms with van der Waals surface area (Å²) in [6.45, 7) is 11.2. The van der Waals surface area contributed by atoms with Gasteiger partial charge in [0.05, 0.1) is 0 Å². The normalized spacial score (nSPS) is 15.8. The molecule has 0 aliphatic rings. The zero-order chi connectivity index (χ0) is 18.9. The molecular formula is C26H36. The molecule has 0 heterocycles. The first-order chi connectivity index (χ1) is 12.6. The molecule has 2 aromatic rings. The van der Waals surface area contributed by atoms with E-state index in [-0.39, 0.29) is 10.8 Å². The minimum atomic E-state index is 0.104. The molecule has 2 atom stereocenters. The van der Waals surface area contributed by atoms with Crippen LogP contribution in [0, 0.1) is 0 Å². The number of hydrogen-bond donors (Lipinski definition) is 0. The molecular weight excluding hydrogens is 312 g/mol. The van der Waals surface area contributed by atoms with Crippen LogP contribution < -0.4 is 0 Å². The molecule has 0 bridgehead atoms. The number of hydrogen-bond acceptors (Lipinski definition) is 0. The Labute approximate surface area is 161 Å². The van der Waals surface area contributed by atoms with Gasteiger partial charge in [0.1, 0.15) is 0 Å². The second kappa shape index (κ2) is 9.76. The van der Waals surface area contributed by atoms with Gasteiger partial charge in [0.15, 0.2) is 0 Å². The Bertz CT molecular complexity index is 642. The first kappa shape index (κ1) is 20.5. The molecule has 0 aliphatic heterocycles. The maximum atomic E-state index is 3.93. The fraction of sp³-hybridized carbons (Fsp3) is 0.462. The average Bonchev–Trinajstić information content (AvgIpc) is 2.69. The van der Waals surface area contributed by atoms with Crippen LogP contribution >= 0.6 is 0 Å². The van der Waals surface area contributed by atoms with Gasteiger partial charge in [0, 0.05) is 10.8 Å². The van der Waals surface area contributed by atoms with E-state index in [9.17, 15) is 0 Å². The van der Waals surface area contributed by atoms with Gasteiger partial charge in [-0.25, -0.2) is 0 Å². The Morgan fingerprint density at radius 3 is 1.62 bits per heavy atom. The van der Waals surface area contributed by atoms with Crippen LogP contribution in [0.15, 0.2) is 73.3 Å². The van der Waals surface area contributed by atoms with Crippen LogP contribution in [0.5, 0.6) is 0 Å². The summed E-state index contributed by atoms with van der Waals surface area (Å²) in [6.07, 6.45) is 10.6. The second-order valence-corrected chi connectivity index (χ2v) is 8.03. The summed E-state index contributed by atoms with van der Waals surface area (Å²) in [5.74, 6) is 0. The molecule has 0 amide bonds. The second-order valence-electron chi connectivity index (χ2n) is 8.03. The average molecular weight is 349 g/mol. The minimum Gasteiger partial charge on any atom is -0.103 e. The van der Waals surface area contributed by atoms with E-state index in [2.05, 4.69) is 94.1 Å². The van der Waals surface area contributed by atoms with Crippen molar-refractivity contribution in [3.8, 4) is 0 Å². The van der Waals surface area contributed by atoms with E-state index in [1.807, 2.05) is 0 Å². The van der Waals surface area contributed by atoms with Crippen molar-refractivity contribution in [2.24, 2.45) is 0 Å². The van der Waals surface area contributed by atoms with Crippen molar-refractivity contribution in [3.63, 3.8) is 0 Å². The molecule has 0 nitrogen and oxygen atoms in total. The lowest BCUT2D eigenvalue weighted by Crippen LogP contribution is -2.45. The fourth-order valence-corrected chi connectivity index (χ4v) is 4.42. The van der Waals surface area contributed by atoms with Crippen molar-refractivity contribution in [2.45, 2.75) is 76.5 Å². The van der Waals surface area contributed by atoms with Gasteiger partial charge < -0.3 is 0 Å². The third-order valence-electron chi connectivity index (χ3n) is 6.41. The molecule has 0 radical (unpaired) electrons. The van der Waals surface area contributed by atoms with E-state index in [1.54, 1.807) is 0 Å². The molecule has 2 aromatic carbocycles. The van der Waals surface area contributed by atoms with E-state index >= 15 is 0 Å². The van der Waals surface area contributed by atoms with E-state index in [4.69, 9.17) is 0 Å². The van der Waals surface area contributed by atoms with Crippen molar-refractivity contribution in [1.29, 1.82) is 0 Å². The van der Waals surface area contributed by atoms with Gasteiger partial charge in [0.25, 0.3) is 0 Å². The smallest absolute Gasteiger partial charge is 0.00190 e. The number of benzene rings is 2. The predicted octanol–water partition coefficient (Wildman–Crippen LogP) is 7.84. The predicted molar refractivity (Wildman–Crippen MR) is 116 cm³/mol. The molecule has 0 aliphatic carbocycles. The Hall–Kier alpha value is -1.82. The van der Waals surface area contributed by atoms with Crippen LogP contribution in [0.3, 0.4) is 0 Å². The SMILES string of the molecule is C=CCCCC(C)(c1ccccc1)C(C)(CCCCC)c1ccccc1. The van der Waals surface area contributed by atoms with E-state index < -0.39 is 0 Å². The van der Waals surface area contributed by atoms with Crippen LogP contribution in [0.4, 0.5) is 0 Å². The first-order valence-corrected chi connectivity index (χ1v) is 10.3. The van der Waals surface area contributed by atoms with Crippen molar-refractivity contribution in [2.75, 3.05) is 0 Å². The lowest BCUT2D eigenvalue weighted by molar-refractivity contribution is 0.210. The summed E-state index contributed by atoms with van der Waals surface area (Å²) in [5, 5.41) is 0. The van der Waals surface area contributed by atoms with Crippen LogP contribution in [-0.2, 0) is 10.8 Å². The van der Waals surface area contributed by atoms with Crippen LogP contribution in [-0.4, -0.2) is 0 Å². The zero-order valence-corrected chi connectivity index (χ0v) is 17.0. The van der Waals surface area contributed by atoms with Crippen molar-refractivity contribution in [3.05, 3.63) is 84.4 Å². The largest absolute Gasteiger partial charge is 0.103 e. The molecule has 2 unspecified atom stereocenters. The molecule has 0 fully saturated rings. The van der Waals surface area contributed by atoms with E-state index in [0.717, 1.165) is 6.42 Å². The maximum Gasteiger partial charge on any atom is 0.00190 e. The first-order valence-electron chi connectivity index (χ1n) is 10.3. The van der Waals surface area contributed by atoms with Gasteiger partial charge in [-0.15, -0.1) is 6.58 Å². The quantitative estimate of drug-likeness (QED) is 0.286. The molecule has 0 saturated carbocycles. The summed E-state index contributed by atoms with van der Waals surface area (Å²) >= 11 is 0. The van der Waals surface area contributed by atoms with Crippen LogP contribution in [0.1, 0.15) is 76.8 Å². The third-order valence-corrected chi connectivity index (χ3v) is 6.41. The van der Waals surface area contributed by atoms with E-state index in [1.165, 1.54) is 49.7 Å². The van der Waals surface area contributed by atoms with Gasteiger partial charge in [-0.05, 0) is 36.8 Å². The van der Waals surface area contributed by atoms with Gasteiger partial charge in [0.2, 0.25) is 0 Å². The van der Waals surface area contributed by atoms with Crippen molar-refractivity contribution in [1.82, 2.24) is 0 Å². The van der Waals surface area contributed by atoms with Crippen LogP contribution in [0.2, 0.25) is 0 Å². The molecule has 140 valence electrons. The molecule has 0 spiro atoms. The molecule has 0 saturated heterocycles. The van der Waals surface area contributed by atoms with E-state index in [0.29, 0.717) is 0 Å². The Balaban J connectivity index is 2.51. The Kier molecular flexibility index (Phi) is 7.69. The third kappa shape index (κ3) is 4.47. The van der Waals surface area contributed by atoms with Gasteiger partial charge in [-0.2, -0.15) is 0 Å². The summed E-state index contributed by atoms with van der Waals surface area (Å²) in [5.41, 5.74) is 3.16. The van der Waals surface area contributed by atoms with Crippen molar-refractivity contribution < 1.29 is 0 Å². The molecule has 0 heteroatoms. The van der Waals surface area contributed by atoms with Gasteiger partial charge in [-0.1, -0.05) is 107 Å². The number of allylic oxidation sites excluding steroid dienone is 1. The Morgan fingerprint density at radius 1 is 0.731 bits per heavy atom. The topological polar surface area (TPSA) is 0 Å². The summed E-state index contributed by atoms with van der Waals surface area (Å²) in [6, 6.07) is 22.4. The highest BCUT2D eigenvalue weighted by atomic mass is 14.5. The van der Waals surface area contributed by atoms with Crippen LogP contribution in [0.25, 0.3) is 0 Å². The molecule has 0 N–H and O–H groups in total. The standard InChI is InChI=1S/C26H36/c1-5-7-15-21-25(3,23-17-11-9-12-18-23)26(4,22-16-8-6-2)24-19-13-10-14-20-24/h5,9-14,17-20H,1,6-8,15-16,21-22H2,2-4H3. The summed E-state index contributed by atoms with van der Waals surface area (Å²) < 4.78 is 0. The minimum absolute atomic E-state index is 0.104. The molecule has 0 aromatic heterocycles. The summed E-state index contributed by atoms with van der Waals surface area (Å²) in [4.78, 5) is 0. The highest BCUT2D eigenvalue weighted by Gasteiger charge is 2.45. The van der Waals surface area contributed by atoms with Crippen molar-refractivity contribution >= 4 is 0 Å². The highest BCUT2D eigenvalue weighted by molar-refractivity contribution is 5.37. The number of rotatable bonds is 11. The molecule has 2 rings (SSSR count). The van der Waals surface area contributed by atoms with Gasteiger partial charge in [-0.3, -0.25) is 0 Å². The maximum absolute atomic E-state index is 3.93. The lowest BCUT2D eigenvalue weighted by Gasteiger charge is -2.48. The fourth-order valence-electron chi connectivity index (χ4n) is 4.42. The number of unbranched alkanes of at least 4 members (excludes halogenated alkanes) is 3. The lowest BCUT2D eigenvalue weighted by atomic mass is 9.55. The monoisotopic (exact) mass is 348 g/mol. The Morgan fingerprint density at radius 2 is 1.19 bits per heavy atom. The molecule has 26 heavy (non-hydrogen) atoms. The summed E-state index contributed by atoms with van der Waals surface area (Å²) in [7, 11) is 0. The zero-order valence-electron chi connectivity index (χ0n) is 17.0. The highest BCUT2D eigenvalue weighted by Crippen LogP contribution is 2.50. The van der Waals surface area contributed by atoms with Gasteiger partial charge >= 0.3 is 0 Å².